The molecule has 4 heterocycles. The van der Waals surface area contributed by atoms with Crippen LogP contribution < -0.4 is 10.6 Å². The molecule has 1 aliphatic heterocycles. The number of nitrogens with zero attached hydrogens (tertiary/aromatic N) is 8. The molecule has 9 nitrogen and oxygen atoms in total. The lowest BCUT2D eigenvalue weighted by molar-refractivity contribution is 0.461. The van der Waals surface area contributed by atoms with Gasteiger partial charge in [-0.05, 0) is 25.7 Å². The van der Waals surface area contributed by atoms with Gasteiger partial charge in [0.2, 0.25) is 5.95 Å². The van der Waals surface area contributed by atoms with Gasteiger partial charge in [0, 0.05) is 32.1 Å². The number of nitrogens with two attached hydrogens (primary N) is 1. The van der Waals surface area contributed by atoms with Gasteiger partial charge in [-0.3, -0.25) is 4.68 Å². The van der Waals surface area contributed by atoms with Gasteiger partial charge in [-0.2, -0.15) is 15.1 Å². The van der Waals surface area contributed by atoms with E-state index in [1.807, 2.05) is 13.4 Å². The molecular weight excluding hydrogens is 318 g/mol. The van der Waals surface area contributed by atoms with Gasteiger partial charge in [-0.15, -0.1) is 10.2 Å². The molecule has 1 saturated heterocycles. The number of hydrogen-bond donors (Lipinski definition) is 1. The molecule has 0 amide bonds. The minimum absolute atomic E-state index is 0.456. The molecule has 0 spiro atoms. The van der Waals surface area contributed by atoms with E-state index in [0.717, 1.165) is 42.8 Å². The molecule has 0 radical (unpaired) electrons. The Bertz CT molecular complexity index is 915. The summed E-state index contributed by atoms with van der Waals surface area (Å²) in [5, 5.41) is 13.5. The van der Waals surface area contributed by atoms with E-state index < -0.39 is 0 Å². The van der Waals surface area contributed by atoms with Crippen LogP contribution in [0.15, 0.2) is 12.5 Å². The topological polar surface area (TPSA) is 104 Å². The van der Waals surface area contributed by atoms with Gasteiger partial charge in [0.25, 0.3) is 0 Å². The van der Waals surface area contributed by atoms with Crippen LogP contribution in [-0.4, -0.2) is 47.6 Å². The molecule has 2 N–H and O–H groups in total. The van der Waals surface area contributed by atoms with Crippen molar-refractivity contribution in [2.24, 2.45) is 7.05 Å². The highest BCUT2D eigenvalue weighted by atomic mass is 15.3. The zero-order valence-corrected chi connectivity index (χ0v) is 14.2. The lowest BCUT2D eigenvalue weighted by Gasteiger charge is -2.31. The van der Waals surface area contributed by atoms with Crippen molar-refractivity contribution in [2.75, 3.05) is 23.7 Å². The number of rotatable bonds is 3. The summed E-state index contributed by atoms with van der Waals surface area (Å²) in [6.45, 7) is 1.79. The SMILES string of the molecule is Cn1ncc2c(N)nc(N3CCC(c4nncn4C4CC4)CC3)nc21. The number of anilines is 2. The largest absolute Gasteiger partial charge is 0.383 e. The molecule has 5 rings (SSSR count). The average Bonchev–Trinajstić information content (AvgIpc) is 3.23. The van der Waals surface area contributed by atoms with Crippen molar-refractivity contribution in [1.82, 2.24) is 34.5 Å². The van der Waals surface area contributed by atoms with Gasteiger partial charge in [-0.1, -0.05) is 0 Å². The minimum Gasteiger partial charge on any atom is -0.383 e. The van der Waals surface area contributed by atoms with Crippen molar-refractivity contribution >= 4 is 22.8 Å². The molecule has 3 aromatic heterocycles. The Kier molecular flexibility index (Phi) is 3.16. The van der Waals surface area contributed by atoms with E-state index in [1.54, 1.807) is 10.9 Å². The number of piperidine rings is 1. The van der Waals surface area contributed by atoms with Crippen molar-refractivity contribution in [3.63, 3.8) is 0 Å². The Morgan fingerprint density at radius 2 is 1.92 bits per heavy atom. The summed E-state index contributed by atoms with van der Waals surface area (Å²) >= 11 is 0. The fourth-order valence-electron chi connectivity index (χ4n) is 3.69. The molecule has 130 valence electrons. The van der Waals surface area contributed by atoms with Crippen molar-refractivity contribution in [3.8, 4) is 0 Å². The highest BCUT2D eigenvalue weighted by molar-refractivity contribution is 5.86. The van der Waals surface area contributed by atoms with Crippen molar-refractivity contribution in [3.05, 3.63) is 18.3 Å². The standard InChI is InChI=1S/C16H21N9/c1-23-15-12(8-19-23)13(17)20-16(21-15)24-6-4-10(5-7-24)14-22-18-9-25(14)11-2-3-11/h8-11H,2-7H2,1H3,(H2,17,20,21). The number of aryl methyl sites for hydroxylation is 1. The van der Waals surface area contributed by atoms with Crippen LogP contribution in [-0.2, 0) is 7.05 Å². The second-order valence-corrected chi connectivity index (χ2v) is 7.00. The number of hydrogen-bond acceptors (Lipinski definition) is 7. The zero-order chi connectivity index (χ0) is 17.0. The van der Waals surface area contributed by atoms with Crippen LogP contribution in [0.4, 0.5) is 11.8 Å². The molecule has 1 aliphatic carbocycles. The van der Waals surface area contributed by atoms with Gasteiger partial charge < -0.3 is 15.2 Å². The summed E-state index contributed by atoms with van der Waals surface area (Å²) in [4.78, 5) is 11.4. The molecule has 0 unspecified atom stereocenters. The normalized spacial score (nSPS) is 19.0. The van der Waals surface area contributed by atoms with Crippen LogP contribution in [0.3, 0.4) is 0 Å². The van der Waals surface area contributed by atoms with Gasteiger partial charge in [0.15, 0.2) is 5.65 Å². The van der Waals surface area contributed by atoms with E-state index in [9.17, 15) is 0 Å². The van der Waals surface area contributed by atoms with E-state index in [0.29, 0.717) is 23.7 Å². The second kappa shape index (κ2) is 5.40. The van der Waals surface area contributed by atoms with Crippen molar-refractivity contribution < 1.29 is 0 Å². The van der Waals surface area contributed by atoms with Crippen LogP contribution in [0.2, 0.25) is 0 Å². The van der Waals surface area contributed by atoms with Gasteiger partial charge >= 0.3 is 0 Å². The predicted molar refractivity (Wildman–Crippen MR) is 93.2 cm³/mol. The van der Waals surface area contributed by atoms with Gasteiger partial charge in [-0.25, -0.2) is 0 Å². The van der Waals surface area contributed by atoms with E-state index in [1.165, 1.54) is 12.8 Å². The van der Waals surface area contributed by atoms with Crippen LogP contribution >= 0.6 is 0 Å². The van der Waals surface area contributed by atoms with Crippen LogP contribution in [0.1, 0.15) is 43.5 Å². The third-order valence-electron chi connectivity index (χ3n) is 5.29. The zero-order valence-electron chi connectivity index (χ0n) is 14.2. The molecule has 0 aromatic carbocycles. The molecular formula is C16H21N9. The first-order valence-electron chi connectivity index (χ1n) is 8.80. The van der Waals surface area contributed by atoms with E-state index in [-0.39, 0.29) is 0 Å². The summed E-state index contributed by atoms with van der Waals surface area (Å²) in [5.41, 5.74) is 6.86. The smallest absolute Gasteiger partial charge is 0.229 e. The maximum absolute atomic E-state index is 6.09. The number of fused-ring (bicyclic) bond motifs is 1. The van der Waals surface area contributed by atoms with Crippen LogP contribution in [0, 0.1) is 0 Å². The first kappa shape index (κ1) is 14.6. The van der Waals surface area contributed by atoms with Crippen molar-refractivity contribution in [2.45, 2.75) is 37.6 Å². The molecule has 2 fully saturated rings. The van der Waals surface area contributed by atoms with Crippen LogP contribution in [0.25, 0.3) is 11.0 Å². The van der Waals surface area contributed by atoms with Crippen molar-refractivity contribution in [1.29, 1.82) is 0 Å². The maximum atomic E-state index is 6.09. The third kappa shape index (κ3) is 2.41. The Labute approximate surface area is 144 Å². The minimum atomic E-state index is 0.456. The van der Waals surface area contributed by atoms with E-state index in [2.05, 4.69) is 34.7 Å². The summed E-state index contributed by atoms with van der Waals surface area (Å²) < 4.78 is 4.01. The van der Waals surface area contributed by atoms with E-state index >= 15 is 0 Å². The molecule has 25 heavy (non-hydrogen) atoms. The predicted octanol–water partition coefficient (Wildman–Crippen LogP) is 1.26. The maximum Gasteiger partial charge on any atom is 0.229 e. The number of nitrogen functional groups attached to an aromatic ring is 1. The Morgan fingerprint density at radius 1 is 1.12 bits per heavy atom. The van der Waals surface area contributed by atoms with Gasteiger partial charge in [0.1, 0.15) is 18.0 Å². The number of aromatic nitrogens is 7. The summed E-state index contributed by atoms with van der Waals surface area (Å²) in [6.07, 6.45) is 8.16. The average molecular weight is 339 g/mol. The van der Waals surface area contributed by atoms with Gasteiger partial charge in [0.05, 0.1) is 11.6 Å². The second-order valence-electron chi connectivity index (χ2n) is 7.00. The molecule has 9 heteroatoms. The molecule has 2 aliphatic rings. The lowest BCUT2D eigenvalue weighted by Crippen LogP contribution is -2.35. The first-order chi connectivity index (χ1) is 12.2. The summed E-state index contributed by atoms with van der Waals surface area (Å²) in [7, 11) is 1.87. The molecule has 1 saturated carbocycles. The highest BCUT2D eigenvalue weighted by Crippen LogP contribution is 2.38. The lowest BCUT2D eigenvalue weighted by atomic mass is 9.96. The quantitative estimate of drug-likeness (QED) is 0.766. The highest BCUT2D eigenvalue weighted by Gasteiger charge is 2.31. The van der Waals surface area contributed by atoms with E-state index in [4.69, 9.17) is 5.73 Å². The molecule has 0 bridgehead atoms. The van der Waals surface area contributed by atoms with Crippen LogP contribution in [0.5, 0.6) is 0 Å². The summed E-state index contributed by atoms with van der Waals surface area (Å²) in [6, 6.07) is 0.624. The fraction of sp³-hybridized carbons (Fsp3) is 0.562. The molecule has 3 aromatic rings. The third-order valence-corrected chi connectivity index (χ3v) is 5.29. The fourth-order valence-corrected chi connectivity index (χ4v) is 3.69. The molecule has 0 atom stereocenters. The Balaban J connectivity index is 1.36. The Morgan fingerprint density at radius 3 is 2.68 bits per heavy atom. The first-order valence-corrected chi connectivity index (χ1v) is 8.80. The summed E-state index contributed by atoms with van der Waals surface area (Å²) in [5.74, 6) is 2.78. The monoisotopic (exact) mass is 339 g/mol. The Hall–Kier alpha value is -2.71.